The third kappa shape index (κ3) is 5.05. The molecule has 3 nitrogen and oxygen atoms in total. The zero-order chi connectivity index (χ0) is 10.9. The first kappa shape index (κ1) is 11.6. The van der Waals surface area contributed by atoms with Gasteiger partial charge in [0.1, 0.15) is 6.61 Å². The van der Waals surface area contributed by atoms with Gasteiger partial charge < -0.3 is 9.47 Å². The quantitative estimate of drug-likeness (QED) is 0.551. The van der Waals surface area contributed by atoms with Crippen molar-refractivity contribution in [2.45, 2.75) is 26.4 Å². The van der Waals surface area contributed by atoms with Gasteiger partial charge in [-0.25, -0.2) is 4.79 Å². The molecule has 1 aromatic carbocycles. The number of rotatable bonds is 5. The van der Waals surface area contributed by atoms with Crippen molar-refractivity contribution in [1.82, 2.24) is 0 Å². The van der Waals surface area contributed by atoms with Crippen LogP contribution in [0.2, 0.25) is 0 Å². The van der Waals surface area contributed by atoms with Crippen LogP contribution in [0.25, 0.3) is 0 Å². The summed E-state index contributed by atoms with van der Waals surface area (Å²) in [5, 5.41) is 0. The van der Waals surface area contributed by atoms with Crippen LogP contribution in [-0.4, -0.2) is 12.8 Å². The monoisotopic (exact) mass is 208 g/mol. The van der Waals surface area contributed by atoms with Gasteiger partial charge in [-0.2, -0.15) is 0 Å². The molecule has 0 heterocycles. The molecule has 0 spiro atoms. The van der Waals surface area contributed by atoms with Crippen LogP contribution >= 0.6 is 0 Å². The fourth-order valence-corrected chi connectivity index (χ4v) is 1.06. The maximum Gasteiger partial charge on any atom is 0.508 e. The Labute approximate surface area is 90.0 Å². The maximum atomic E-state index is 11.0. The highest BCUT2D eigenvalue weighted by Crippen LogP contribution is 2.01. The second-order valence-electron chi connectivity index (χ2n) is 3.23. The Bertz CT molecular complexity index is 282. The second kappa shape index (κ2) is 6.87. The molecular weight excluding hydrogens is 192 g/mol. The van der Waals surface area contributed by atoms with Crippen molar-refractivity contribution in [1.29, 1.82) is 0 Å². The van der Waals surface area contributed by atoms with E-state index in [0.29, 0.717) is 6.61 Å². The highest BCUT2D eigenvalue weighted by molar-refractivity contribution is 5.59. The molecule has 0 saturated heterocycles. The van der Waals surface area contributed by atoms with Crippen molar-refractivity contribution in [3.8, 4) is 0 Å². The first-order chi connectivity index (χ1) is 7.33. The van der Waals surface area contributed by atoms with E-state index < -0.39 is 6.16 Å². The second-order valence-corrected chi connectivity index (χ2v) is 3.23. The van der Waals surface area contributed by atoms with Crippen molar-refractivity contribution in [3.63, 3.8) is 0 Å². The normalized spacial score (nSPS) is 9.67. The molecule has 0 atom stereocenters. The van der Waals surface area contributed by atoms with Gasteiger partial charge in [0.15, 0.2) is 0 Å². The summed E-state index contributed by atoms with van der Waals surface area (Å²) >= 11 is 0. The molecule has 1 aromatic rings. The van der Waals surface area contributed by atoms with Crippen molar-refractivity contribution in [3.05, 3.63) is 35.9 Å². The first-order valence-corrected chi connectivity index (χ1v) is 5.16. The summed E-state index contributed by atoms with van der Waals surface area (Å²) in [6.07, 6.45) is 1.29. The topological polar surface area (TPSA) is 35.5 Å². The lowest BCUT2D eigenvalue weighted by Gasteiger charge is -2.05. The van der Waals surface area contributed by atoms with E-state index in [0.717, 1.165) is 18.4 Å². The van der Waals surface area contributed by atoms with E-state index in [9.17, 15) is 4.79 Å². The number of carbonyl (C=O) groups excluding carboxylic acids is 1. The van der Waals surface area contributed by atoms with Gasteiger partial charge in [-0.3, -0.25) is 0 Å². The van der Waals surface area contributed by atoms with E-state index in [2.05, 4.69) is 0 Å². The highest BCUT2D eigenvalue weighted by Gasteiger charge is 2.02. The number of benzene rings is 1. The minimum atomic E-state index is -0.590. The molecule has 3 heteroatoms. The van der Waals surface area contributed by atoms with Crippen molar-refractivity contribution in [2.75, 3.05) is 6.61 Å². The fourth-order valence-electron chi connectivity index (χ4n) is 1.06. The minimum absolute atomic E-state index is 0.270. The van der Waals surface area contributed by atoms with Gasteiger partial charge in [0, 0.05) is 0 Å². The summed E-state index contributed by atoms with van der Waals surface area (Å²) in [6.45, 7) is 2.74. The van der Waals surface area contributed by atoms with Crippen LogP contribution in [0.5, 0.6) is 0 Å². The molecule has 0 N–H and O–H groups in total. The Morgan fingerprint density at radius 3 is 2.60 bits per heavy atom. The molecule has 0 aromatic heterocycles. The lowest BCUT2D eigenvalue weighted by atomic mass is 10.2. The molecule has 0 aliphatic heterocycles. The zero-order valence-corrected chi connectivity index (χ0v) is 8.94. The van der Waals surface area contributed by atoms with Crippen LogP contribution in [0.3, 0.4) is 0 Å². The van der Waals surface area contributed by atoms with Gasteiger partial charge >= 0.3 is 6.16 Å². The minimum Gasteiger partial charge on any atom is -0.434 e. The summed E-state index contributed by atoms with van der Waals surface area (Å²) in [5.74, 6) is 0. The van der Waals surface area contributed by atoms with Gasteiger partial charge in [-0.15, -0.1) is 0 Å². The van der Waals surface area contributed by atoms with E-state index in [-0.39, 0.29) is 6.61 Å². The van der Waals surface area contributed by atoms with Crippen molar-refractivity contribution < 1.29 is 14.3 Å². The predicted octanol–water partition coefficient (Wildman–Crippen LogP) is 3.14. The largest absolute Gasteiger partial charge is 0.508 e. The molecule has 0 amide bonds. The van der Waals surface area contributed by atoms with E-state index >= 15 is 0 Å². The van der Waals surface area contributed by atoms with Crippen LogP contribution in [0.1, 0.15) is 25.3 Å². The van der Waals surface area contributed by atoms with E-state index in [1.165, 1.54) is 0 Å². The van der Waals surface area contributed by atoms with Crippen LogP contribution in [-0.2, 0) is 16.1 Å². The van der Waals surface area contributed by atoms with E-state index in [1.54, 1.807) is 0 Å². The molecule has 0 aliphatic rings. The zero-order valence-electron chi connectivity index (χ0n) is 8.94. The van der Waals surface area contributed by atoms with Crippen LogP contribution in [0, 0.1) is 0 Å². The number of hydrogen-bond donors (Lipinski definition) is 0. The summed E-state index contributed by atoms with van der Waals surface area (Å²) in [6, 6.07) is 9.53. The smallest absolute Gasteiger partial charge is 0.434 e. The molecule has 0 saturated carbocycles. The number of hydrogen-bond acceptors (Lipinski definition) is 3. The van der Waals surface area contributed by atoms with Crippen LogP contribution < -0.4 is 0 Å². The first-order valence-electron chi connectivity index (χ1n) is 5.16. The van der Waals surface area contributed by atoms with Crippen molar-refractivity contribution >= 4 is 6.16 Å². The summed E-state index contributed by atoms with van der Waals surface area (Å²) < 4.78 is 9.76. The summed E-state index contributed by atoms with van der Waals surface area (Å²) in [5.41, 5.74) is 0.963. The van der Waals surface area contributed by atoms with E-state index in [4.69, 9.17) is 9.47 Å². The molecule has 0 radical (unpaired) electrons. The number of carbonyl (C=O) groups is 1. The molecular formula is C12H16O3. The fraction of sp³-hybridized carbons (Fsp3) is 0.417. The average Bonchev–Trinajstić information content (AvgIpc) is 2.28. The molecule has 0 bridgehead atoms. The molecule has 1 rings (SSSR count). The molecule has 15 heavy (non-hydrogen) atoms. The Hall–Kier alpha value is -1.51. The van der Waals surface area contributed by atoms with Gasteiger partial charge in [-0.1, -0.05) is 43.7 Å². The molecule has 0 fully saturated rings. The molecule has 0 unspecified atom stereocenters. The highest BCUT2D eigenvalue weighted by atomic mass is 16.7. The lowest BCUT2D eigenvalue weighted by molar-refractivity contribution is 0.0491. The van der Waals surface area contributed by atoms with Gasteiger partial charge in [-0.05, 0) is 12.0 Å². The van der Waals surface area contributed by atoms with Gasteiger partial charge in [0.25, 0.3) is 0 Å². The SMILES string of the molecule is CCCCOC(=O)OCc1ccccc1. The third-order valence-corrected chi connectivity index (χ3v) is 1.92. The van der Waals surface area contributed by atoms with Crippen LogP contribution in [0.4, 0.5) is 4.79 Å². The average molecular weight is 208 g/mol. The Morgan fingerprint density at radius 2 is 1.93 bits per heavy atom. The number of ether oxygens (including phenoxy) is 2. The summed E-state index contributed by atoms with van der Waals surface area (Å²) in [4.78, 5) is 11.0. The third-order valence-electron chi connectivity index (χ3n) is 1.92. The standard InChI is InChI=1S/C12H16O3/c1-2-3-9-14-12(13)15-10-11-7-5-4-6-8-11/h4-8H,2-3,9-10H2,1H3. The maximum absolute atomic E-state index is 11.0. The Morgan fingerprint density at radius 1 is 1.20 bits per heavy atom. The van der Waals surface area contributed by atoms with E-state index in [1.807, 2.05) is 37.3 Å². The molecule has 0 aliphatic carbocycles. The van der Waals surface area contributed by atoms with Crippen LogP contribution in [0.15, 0.2) is 30.3 Å². The van der Waals surface area contributed by atoms with Crippen molar-refractivity contribution in [2.24, 2.45) is 0 Å². The Kier molecular flexibility index (Phi) is 5.30. The van der Waals surface area contributed by atoms with Gasteiger partial charge in [0.2, 0.25) is 0 Å². The van der Waals surface area contributed by atoms with Gasteiger partial charge in [0.05, 0.1) is 6.61 Å². The predicted molar refractivity (Wildman–Crippen MR) is 57.5 cm³/mol. The Balaban J connectivity index is 2.17. The molecule has 82 valence electrons. The number of unbranched alkanes of at least 4 members (excludes halogenated alkanes) is 1. The lowest BCUT2D eigenvalue weighted by Crippen LogP contribution is -2.08. The summed E-state index contributed by atoms with van der Waals surface area (Å²) in [7, 11) is 0.